The second-order valence-corrected chi connectivity index (χ2v) is 8.65. The summed E-state index contributed by atoms with van der Waals surface area (Å²) in [6.45, 7) is 11.2. The molecule has 2 fully saturated rings. The summed E-state index contributed by atoms with van der Waals surface area (Å²) < 4.78 is 0. The first-order valence-electron chi connectivity index (χ1n) is 8.29. The van der Waals surface area contributed by atoms with Crippen LogP contribution in [0.5, 0.6) is 0 Å². The van der Waals surface area contributed by atoms with Crippen molar-refractivity contribution in [2.75, 3.05) is 0 Å². The van der Waals surface area contributed by atoms with Crippen LogP contribution in [0.15, 0.2) is 0 Å². The topological polar surface area (TPSA) is 44.0 Å². The number of nitrogens with zero attached hydrogens (tertiary/aromatic N) is 1. The minimum atomic E-state index is -0.785. The average Bonchev–Trinajstić information content (AvgIpc) is 2.58. The molecule has 2 heteroatoms. The van der Waals surface area contributed by atoms with Crippen LogP contribution in [0.4, 0.5) is 0 Å². The smallest absolute Gasteiger partial charge is 0.0863 e. The quantitative estimate of drug-likeness (QED) is 0.806. The lowest BCUT2D eigenvalue weighted by molar-refractivity contribution is -0.106. The van der Waals surface area contributed by atoms with Crippen molar-refractivity contribution in [2.24, 2.45) is 28.6 Å². The number of aliphatic hydroxyl groups is 1. The molecule has 0 radical (unpaired) electrons. The third-order valence-electron chi connectivity index (χ3n) is 6.29. The van der Waals surface area contributed by atoms with Crippen molar-refractivity contribution in [2.45, 2.75) is 78.7 Å². The lowest BCUT2D eigenvalue weighted by Crippen LogP contribution is -2.52. The van der Waals surface area contributed by atoms with Crippen LogP contribution in [0.25, 0.3) is 0 Å². The standard InChI is InChI=1S/C18H31NO/c1-13(2)15-6-8-17(12-19,9-7-15)18(20)11-16(4,5)10-14(18)3/h13-15,20H,6-11H2,1-5H3. The fourth-order valence-electron chi connectivity index (χ4n) is 5.06. The van der Waals surface area contributed by atoms with Gasteiger partial charge >= 0.3 is 0 Å². The fraction of sp³-hybridized carbons (Fsp3) is 0.944. The van der Waals surface area contributed by atoms with Crippen LogP contribution in [-0.2, 0) is 0 Å². The predicted octanol–water partition coefficient (Wildman–Crippen LogP) is 4.53. The van der Waals surface area contributed by atoms with Gasteiger partial charge in [-0.05, 0) is 61.7 Å². The number of rotatable bonds is 2. The lowest BCUT2D eigenvalue weighted by Gasteiger charge is -2.48. The van der Waals surface area contributed by atoms with Gasteiger partial charge in [-0.1, -0.05) is 34.6 Å². The number of hydrogen-bond donors (Lipinski definition) is 1. The van der Waals surface area contributed by atoms with E-state index in [1.54, 1.807) is 0 Å². The molecule has 1 N–H and O–H groups in total. The Balaban J connectivity index is 2.23. The molecule has 0 aromatic heterocycles. The van der Waals surface area contributed by atoms with Crippen LogP contribution in [0.2, 0.25) is 0 Å². The summed E-state index contributed by atoms with van der Waals surface area (Å²) in [5, 5.41) is 21.2. The van der Waals surface area contributed by atoms with E-state index in [0.717, 1.165) is 44.4 Å². The molecule has 2 nitrogen and oxygen atoms in total. The highest BCUT2D eigenvalue weighted by atomic mass is 16.3. The second kappa shape index (κ2) is 5.02. The monoisotopic (exact) mass is 277 g/mol. The molecule has 0 saturated heterocycles. The van der Waals surface area contributed by atoms with E-state index < -0.39 is 11.0 Å². The van der Waals surface area contributed by atoms with E-state index >= 15 is 0 Å². The zero-order valence-electron chi connectivity index (χ0n) is 13.9. The van der Waals surface area contributed by atoms with Crippen molar-refractivity contribution >= 4 is 0 Å². The lowest BCUT2D eigenvalue weighted by atomic mass is 9.58. The Morgan fingerprint density at radius 1 is 1.20 bits per heavy atom. The van der Waals surface area contributed by atoms with Crippen LogP contribution < -0.4 is 0 Å². The fourth-order valence-corrected chi connectivity index (χ4v) is 5.06. The molecule has 0 heterocycles. The molecule has 0 bridgehead atoms. The first-order chi connectivity index (χ1) is 9.16. The molecule has 114 valence electrons. The van der Waals surface area contributed by atoms with Gasteiger partial charge in [0.25, 0.3) is 0 Å². The molecule has 0 amide bonds. The highest BCUT2D eigenvalue weighted by Crippen LogP contribution is 2.59. The van der Waals surface area contributed by atoms with Gasteiger partial charge in [-0.3, -0.25) is 0 Å². The van der Waals surface area contributed by atoms with Gasteiger partial charge in [0.1, 0.15) is 0 Å². The van der Waals surface area contributed by atoms with Crippen LogP contribution in [0, 0.1) is 39.9 Å². The van der Waals surface area contributed by atoms with E-state index in [1.807, 2.05) is 0 Å². The first kappa shape index (κ1) is 15.8. The summed E-state index contributed by atoms with van der Waals surface area (Å²) in [6.07, 6.45) is 5.76. The predicted molar refractivity (Wildman–Crippen MR) is 82.0 cm³/mol. The van der Waals surface area contributed by atoms with Crippen molar-refractivity contribution in [3.8, 4) is 6.07 Å². The van der Waals surface area contributed by atoms with Gasteiger partial charge in [-0.2, -0.15) is 5.26 Å². The summed E-state index contributed by atoms with van der Waals surface area (Å²) in [4.78, 5) is 0. The summed E-state index contributed by atoms with van der Waals surface area (Å²) in [7, 11) is 0. The highest BCUT2D eigenvalue weighted by Gasteiger charge is 2.60. The molecule has 0 aromatic rings. The van der Waals surface area contributed by atoms with E-state index in [2.05, 4.69) is 40.7 Å². The summed E-state index contributed by atoms with van der Waals surface area (Å²) in [5.41, 5.74) is -1.13. The second-order valence-electron chi connectivity index (χ2n) is 8.65. The number of nitriles is 1. The Bertz CT molecular complexity index is 398. The summed E-state index contributed by atoms with van der Waals surface area (Å²) in [5.74, 6) is 1.65. The molecule has 2 atom stereocenters. The van der Waals surface area contributed by atoms with Gasteiger partial charge < -0.3 is 5.11 Å². The normalized spacial score (nSPS) is 44.5. The first-order valence-corrected chi connectivity index (χ1v) is 8.29. The van der Waals surface area contributed by atoms with E-state index in [-0.39, 0.29) is 11.3 Å². The van der Waals surface area contributed by atoms with Gasteiger partial charge in [0, 0.05) is 0 Å². The van der Waals surface area contributed by atoms with Crippen LogP contribution in [-0.4, -0.2) is 10.7 Å². The van der Waals surface area contributed by atoms with Crippen molar-refractivity contribution < 1.29 is 5.11 Å². The van der Waals surface area contributed by atoms with Gasteiger partial charge in [0.2, 0.25) is 0 Å². The zero-order chi connectivity index (χ0) is 15.2. The Labute approximate surface area is 124 Å². The third kappa shape index (κ3) is 2.39. The molecule has 2 saturated carbocycles. The van der Waals surface area contributed by atoms with E-state index in [9.17, 15) is 10.4 Å². The van der Waals surface area contributed by atoms with Crippen LogP contribution in [0.3, 0.4) is 0 Å². The average molecular weight is 277 g/mol. The maximum Gasteiger partial charge on any atom is 0.0863 e. The molecule has 2 rings (SSSR count). The zero-order valence-corrected chi connectivity index (χ0v) is 13.9. The highest BCUT2D eigenvalue weighted by molar-refractivity contribution is 5.18. The number of hydrogen-bond acceptors (Lipinski definition) is 2. The van der Waals surface area contributed by atoms with Gasteiger partial charge in [0.15, 0.2) is 0 Å². The van der Waals surface area contributed by atoms with Crippen molar-refractivity contribution in [3.05, 3.63) is 0 Å². The Kier molecular flexibility index (Phi) is 3.97. The van der Waals surface area contributed by atoms with Crippen LogP contribution >= 0.6 is 0 Å². The molecule has 2 aliphatic carbocycles. The molecule has 0 aromatic carbocycles. The third-order valence-corrected chi connectivity index (χ3v) is 6.29. The van der Waals surface area contributed by atoms with Crippen molar-refractivity contribution in [3.63, 3.8) is 0 Å². The van der Waals surface area contributed by atoms with E-state index in [4.69, 9.17) is 0 Å². The molecule has 2 unspecified atom stereocenters. The Hall–Kier alpha value is -0.550. The maximum absolute atomic E-state index is 11.4. The SMILES string of the molecule is CC(C)C1CCC(C#N)(C2(O)CC(C)(C)CC2C)CC1. The van der Waals surface area contributed by atoms with Gasteiger partial charge in [0.05, 0.1) is 17.1 Å². The van der Waals surface area contributed by atoms with Crippen LogP contribution in [0.1, 0.15) is 73.1 Å². The van der Waals surface area contributed by atoms with Gasteiger partial charge in [-0.15, -0.1) is 0 Å². The maximum atomic E-state index is 11.4. The minimum absolute atomic E-state index is 0.160. The molecule has 2 aliphatic rings. The van der Waals surface area contributed by atoms with E-state index in [0.29, 0.717) is 5.92 Å². The van der Waals surface area contributed by atoms with Gasteiger partial charge in [-0.25, -0.2) is 0 Å². The Morgan fingerprint density at radius 2 is 1.75 bits per heavy atom. The van der Waals surface area contributed by atoms with Crippen molar-refractivity contribution in [1.29, 1.82) is 5.26 Å². The minimum Gasteiger partial charge on any atom is -0.388 e. The molecule has 20 heavy (non-hydrogen) atoms. The molecule has 0 aliphatic heterocycles. The van der Waals surface area contributed by atoms with Crippen molar-refractivity contribution in [1.82, 2.24) is 0 Å². The molecule has 0 spiro atoms. The molecular weight excluding hydrogens is 246 g/mol. The summed E-state index contributed by atoms with van der Waals surface area (Å²) in [6, 6.07) is 2.58. The summed E-state index contributed by atoms with van der Waals surface area (Å²) >= 11 is 0. The van der Waals surface area contributed by atoms with E-state index in [1.165, 1.54) is 0 Å². The largest absolute Gasteiger partial charge is 0.388 e. The Morgan fingerprint density at radius 3 is 2.10 bits per heavy atom. The molecular formula is C18H31NO.